The van der Waals surface area contributed by atoms with Crippen molar-refractivity contribution in [2.45, 2.75) is 33.2 Å². The molecule has 0 aliphatic carbocycles. The maximum atomic E-state index is 11.8. The summed E-state index contributed by atoms with van der Waals surface area (Å²) < 4.78 is 1.54. The molecule has 1 aromatic rings. The lowest BCUT2D eigenvalue weighted by atomic mass is 10.3. The number of rotatable bonds is 6. The van der Waals surface area contributed by atoms with Gasteiger partial charge in [-0.3, -0.25) is 34.8 Å². The van der Waals surface area contributed by atoms with Crippen molar-refractivity contribution in [2.75, 3.05) is 20.1 Å². The molecule has 136 valence electrons. The molecule has 0 radical (unpaired) electrons. The van der Waals surface area contributed by atoms with Gasteiger partial charge in [0.2, 0.25) is 11.8 Å². The van der Waals surface area contributed by atoms with Crippen LogP contribution in [0.25, 0.3) is 0 Å². The van der Waals surface area contributed by atoms with Gasteiger partial charge in [0.05, 0.1) is 5.69 Å². The standard InChI is InChI=1S/C15H22N6O4/c1-10-7-11(2)21(18-10)8-13(23)17-16-12(22)5-4-6-20-14(24)9-19(3)15(20)25/h7H,4-6,8-9H2,1-3H3,(H,16,22)(H,17,23). The molecule has 0 aromatic carbocycles. The maximum absolute atomic E-state index is 11.8. The number of aromatic nitrogens is 2. The first-order valence-corrected chi connectivity index (χ1v) is 7.92. The largest absolute Gasteiger partial charge is 0.326 e. The van der Waals surface area contributed by atoms with Crippen molar-refractivity contribution < 1.29 is 19.2 Å². The Balaban J connectivity index is 1.67. The Labute approximate surface area is 145 Å². The van der Waals surface area contributed by atoms with Gasteiger partial charge in [0, 0.05) is 25.7 Å². The van der Waals surface area contributed by atoms with Crippen molar-refractivity contribution in [1.82, 2.24) is 30.4 Å². The van der Waals surface area contributed by atoms with Crippen LogP contribution in [-0.4, -0.2) is 63.5 Å². The number of carbonyl (C=O) groups is 4. The van der Waals surface area contributed by atoms with Crippen molar-refractivity contribution in [3.05, 3.63) is 17.5 Å². The zero-order valence-corrected chi connectivity index (χ0v) is 14.5. The first-order chi connectivity index (χ1) is 11.8. The van der Waals surface area contributed by atoms with Crippen LogP contribution in [0, 0.1) is 13.8 Å². The molecule has 2 rings (SSSR count). The summed E-state index contributed by atoms with van der Waals surface area (Å²) in [5.41, 5.74) is 6.28. The predicted octanol–water partition coefficient (Wildman–Crippen LogP) is -0.678. The second kappa shape index (κ2) is 7.77. The van der Waals surface area contributed by atoms with Crippen LogP contribution in [0.3, 0.4) is 0 Å². The fraction of sp³-hybridized carbons (Fsp3) is 0.533. The van der Waals surface area contributed by atoms with Gasteiger partial charge in [-0.15, -0.1) is 0 Å². The monoisotopic (exact) mass is 350 g/mol. The Morgan fingerprint density at radius 1 is 1.20 bits per heavy atom. The van der Waals surface area contributed by atoms with Gasteiger partial charge >= 0.3 is 6.03 Å². The smallest absolute Gasteiger partial charge is 0.318 e. The van der Waals surface area contributed by atoms with Crippen LogP contribution < -0.4 is 10.9 Å². The Hall–Kier alpha value is -2.91. The second-order valence-corrected chi connectivity index (χ2v) is 5.97. The highest BCUT2D eigenvalue weighted by atomic mass is 16.2. The molecule has 2 heterocycles. The molecule has 1 aliphatic rings. The SMILES string of the molecule is Cc1cc(C)n(CC(=O)NNC(=O)CCCN2C(=O)CN(C)C2=O)n1. The molecule has 25 heavy (non-hydrogen) atoms. The molecule has 0 spiro atoms. The fourth-order valence-electron chi connectivity index (χ4n) is 2.50. The summed E-state index contributed by atoms with van der Waals surface area (Å²) in [5.74, 6) is -1.06. The Kier molecular flexibility index (Phi) is 5.73. The molecule has 0 bridgehead atoms. The zero-order chi connectivity index (χ0) is 18.6. The third-order valence-corrected chi connectivity index (χ3v) is 3.75. The molecule has 0 atom stereocenters. The molecule has 1 aliphatic heterocycles. The fourth-order valence-corrected chi connectivity index (χ4v) is 2.50. The first-order valence-electron chi connectivity index (χ1n) is 7.92. The predicted molar refractivity (Wildman–Crippen MR) is 87.0 cm³/mol. The minimum Gasteiger partial charge on any atom is -0.318 e. The summed E-state index contributed by atoms with van der Waals surface area (Å²) >= 11 is 0. The lowest BCUT2D eigenvalue weighted by molar-refractivity contribution is -0.129. The van der Waals surface area contributed by atoms with Gasteiger partial charge in [-0.2, -0.15) is 5.10 Å². The van der Waals surface area contributed by atoms with E-state index in [0.29, 0.717) is 6.42 Å². The van der Waals surface area contributed by atoms with Crippen molar-refractivity contribution in [2.24, 2.45) is 0 Å². The van der Waals surface area contributed by atoms with Gasteiger partial charge in [-0.05, 0) is 26.3 Å². The summed E-state index contributed by atoms with van der Waals surface area (Å²) in [7, 11) is 1.55. The van der Waals surface area contributed by atoms with E-state index in [1.165, 1.54) is 9.58 Å². The Morgan fingerprint density at radius 2 is 1.88 bits per heavy atom. The van der Waals surface area contributed by atoms with Gasteiger partial charge in [0.25, 0.3) is 5.91 Å². The molecule has 10 nitrogen and oxygen atoms in total. The average Bonchev–Trinajstić information content (AvgIpc) is 2.97. The third-order valence-electron chi connectivity index (χ3n) is 3.75. The molecule has 5 amide bonds. The van der Waals surface area contributed by atoms with Gasteiger partial charge in [-0.1, -0.05) is 0 Å². The maximum Gasteiger partial charge on any atom is 0.326 e. The number of aryl methyl sites for hydroxylation is 2. The molecular formula is C15H22N6O4. The van der Waals surface area contributed by atoms with Gasteiger partial charge in [-0.25, -0.2) is 4.79 Å². The quantitative estimate of drug-likeness (QED) is 0.521. The van der Waals surface area contributed by atoms with Crippen LogP contribution in [0.1, 0.15) is 24.2 Å². The number of carbonyl (C=O) groups excluding carboxylic acids is 4. The molecule has 1 aromatic heterocycles. The van der Waals surface area contributed by atoms with Crippen molar-refractivity contribution in [3.63, 3.8) is 0 Å². The van der Waals surface area contributed by atoms with E-state index in [9.17, 15) is 19.2 Å². The number of amides is 5. The Bertz CT molecular complexity index is 698. The number of hydrogen-bond donors (Lipinski definition) is 2. The second-order valence-electron chi connectivity index (χ2n) is 5.97. The number of imide groups is 1. The average molecular weight is 350 g/mol. The number of hydrazine groups is 1. The van der Waals surface area contributed by atoms with Gasteiger partial charge in [0.15, 0.2) is 0 Å². The van der Waals surface area contributed by atoms with Crippen LogP contribution in [0.5, 0.6) is 0 Å². The van der Waals surface area contributed by atoms with Crippen LogP contribution in [0.15, 0.2) is 6.07 Å². The minimum atomic E-state index is -0.397. The highest BCUT2D eigenvalue weighted by molar-refractivity contribution is 6.01. The lowest BCUT2D eigenvalue weighted by Gasteiger charge is -2.13. The van der Waals surface area contributed by atoms with Crippen molar-refractivity contribution >= 4 is 23.8 Å². The third kappa shape index (κ3) is 4.78. The number of likely N-dealkylation sites (N-methyl/N-ethyl adjacent to an activating group) is 1. The van der Waals surface area contributed by atoms with E-state index in [2.05, 4.69) is 16.0 Å². The summed E-state index contributed by atoms with van der Waals surface area (Å²) in [6, 6.07) is 1.49. The van der Waals surface area contributed by atoms with Gasteiger partial charge < -0.3 is 4.90 Å². The van der Waals surface area contributed by atoms with Crippen LogP contribution in [0.2, 0.25) is 0 Å². The number of nitrogens with one attached hydrogen (secondary N) is 2. The zero-order valence-electron chi connectivity index (χ0n) is 14.5. The van der Waals surface area contributed by atoms with E-state index in [1.807, 2.05) is 19.9 Å². The van der Waals surface area contributed by atoms with Crippen molar-refractivity contribution in [1.29, 1.82) is 0 Å². The van der Waals surface area contributed by atoms with E-state index in [0.717, 1.165) is 16.3 Å². The number of nitrogens with zero attached hydrogens (tertiary/aromatic N) is 4. The molecule has 0 saturated carbocycles. The summed E-state index contributed by atoms with van der Waals surface area (Å²) in [6.45, 7) is 3.91. The van der Waals surface area contributed by atoms with E-state index in [4.69, 9.17) is 0 Å². The highest BCUT2D eigenvalue weighted by Crippen LogP contribution is 2.09. The van der Waals surface area contributed by atoms with E-state index < -0.39 is 11.8 Å². The van der Waals surface area contributed by atoms with E-state index in [-0.39, 0.29) is 38.0 Å². The normalized spacial score (nSPS) is 14.2. The summed E-state index contributed by atoms with van der Waals surface area (Å²) in [6.07, 6.45) is 0.408. The van der Waals surface area contributed by atoms with E-state index in [1.54, 1.807) is 7.05 Å². The lowest BCUT2D eigenvalue weighted by Crippen LogP contribution is -2.43. The Morgan fingerprint density at radius 3 is 2.44 bits per heavy atom. The van der Waals surface area contributed by atoms with E-state index >= 15 is 0 Å². The first kappa shape index (κ1) is 18.4. The number of hydrogen-bond acceptors (Lipinski definition) is 5. The molecule has 2 N–H and O–H groups in total. The highest BCUT2D eigenvalue weighted by Gasteiger charge is 2.32. The molecule has 0 unspecified atom stereocenters. The summed E-state index contributed by atoms with van der Waals surface area (Å²) in [5, 5.41) is 4.16. The number of urea groups is 1. The van der Waals surface area contributed by atoms with Crippen LogP contribution >= 0.6 is 0 Å². The van der Waals surface area contributed by atoms with Gasteiger partial charge in [0.1, 0.15) is 13.1 Å². The summed E-state index contributed by atoms with van der Waals surface area (Å²) in [4.78, 5) is 49.2. The van der Waals surface area contributed by atoms with Crippen molar-refractivity contribution in [3.8, 4) is 0 Å². The topological polar surface area (TPSA) is 117 Å². The van der Waals surface area contributed by atoms with Crippen LogP contribution in [0.4, 0.5) is 4.79 Å². The molecule has 10 heteroatoms. The van der Waals surface area contributed by atoms with Crippen LogP contribution in [-0.2, 0) is 20.9 Å². The minimum absolute atomic E-state index is 0.00305. The molecular weight excluding hydrogens is 328 g/mol. The molecule has 1 saturated heterocycles. The molecule has 1 fully saturated rings.